The highest BCUT2D eigenvalue weighted by Crippen LogP contribution is 2.25. The van der Waals surface area contributed by atoms with E-state index in [2.05, 4.69) is 5.32 Å². The van der Waals surface area contributed by atoms with Crippen LogP contribution in [-0.2, 0) is 0 Å². The van der Waals surface area contributed by atoms with Crippen molar-refractivity contribution in [1.29, 1.82) is 5.41 Å². The number of unbranched alkanes of at least 4 members (excludes halogenated alkanes) is 1. The van der Waals surface area contributed by atoms with Crippen molar-refractivity contribution in [2.45, 2.75) is 88.4 Å². The Bertz CT molecular complexity index is 336. The van der Waals surface area contributed by atoms with E-state index in [1.165, 1.54) is 12.8 Å². The van der Waals surface area contributed by atoms with E-state index in [1.54, 1.807) is 0 Å². The van der Waals surface area contributed by atoms with Crippen molar-refractivity contribution >= 4 is 5.71 Å². The highest BCUT2D eigenvalue weighted by atomic mass is 15.0. The molecule has 0 saturated heterocycles. The van der Waals surface area contributed by atoms with Crippen LogP contribution in [0.25, 0.3) is 0 Å². The topological polar surface area (TPSA) is 114 Å². The summed E-state index contributed by atoms with van der Waals surface area (Å²) >= 11 is 0. The number of rotatable bonds is 7. The summed E-state index contributed by atoms with van der Waals surface area (Å²) < 4.78 is 0. The van der Waals surface area contributed by atoms with Gasteiger partial charge < -0.3 is 27.9 Å². The first-order valence-corrected chi connectivity index (χ1v) is 9.17. The molecule has 2 aliphatic rings. The summed E-state index contributed by atoms with van der Waals surface area (Å²) in [4.78, 5) is 0. The standard InChI is InChI=1S/C17H35N5/c18-13-7-2-1-6-12(13)14(19)8-3-4-11-22-17-15(20)9-5-10-16(17)21/h12-13,15-17,19,22H,1-11,18,20-21H2/t12-,13+,15+,16+/m0/s1. The Morgan fingerprint density at radius 3 is 2.18 bits per heavy atom. The third kappa shape index (κ3) is 5.01. The molecule has 4 atom stereocenters. The fourth-order valence-electron chi connectivity index (χ4n) is 4.06. The van der Waals surface area contributed by atoms with Crippen molar-refractivity contribution in [1.82, 2.24) is 5.32 Å². The molecular formula is C17H35N5. The minimum absolute atomic E-state index is 0.197. The lowest BCUT2D eigenvalue weighted by atomic mass is 9.80. The number of hydrogen-bond acceptors (Lipinski definition) is 5. The van der Waals surface area contributed by atoms with E-state index >= 15 is 0 Å². The van der Waals surface area contributed by atoms with Gasteiger partial charge >= 0.3 is 0 Å². The second kappa shape index (κ2) is 8.96. The first kappa shape index (κ1) is 17.9. The zero-order chi connectivity index (χ0) is 15.9. The summed E-state index contributed by atoms with van der Waals surface area (Å²) in [5, 5.41) is 11.8. The maximum Gasteiger partial charge on any atom is 0.0371 e. The second-order valence-electron chi connectivity index (χ2n) is 7.28. The molecular weight excluding hydrogens is 274 g/mol. The van der Waals surface area contributed by atoms with Crippen molar-refractivity contribution in [2.75, 3.05) is 6.54 Å². The van der Waals surface area contributed by atoms with Crippen LogP contribution in [0.4, 0.5) is 0 Å². The van der Waals surface area contributed by atoms with Crippen molar-refractivity contribution in [2.24, 2.45) is 23.1 Å². The Hall–Kier alpha value is -0.490. The SMILES string of the molecule is N=C(CCCCNC1[C@H](N)CCC[C@H]1N)[C@H]1CCCC[C@H]1N. The van der Waals surface area contributed by atoms with Crippen LogP contribution < -0.4 is 22.5 Å². The van der Waals surface area contributed by atoms with Gasteiger partial charge in [-0.1, -0.05) is 19.3 Å². The summed E-state index contributed by atoms with van der Waals surface area (Å²) in [6.45, 7) is 0.954. The van der Waals surface area contributed by atoms with Crippen LogP contribution >= 0.6 is 0 Å². The Morgan fingerprint density at radius 1 is 0.864 bits per heavy atom. The number of hydrogen-bond donors (Lipinski definition) is 5. The van der Waals surface area contributed by atoms with Gasteiger partial charge in [-0.15, -0.1) is 0 Å². The lowest BCUT2D eigenvalue weighted by molar-refractivity contribution is 0.288. The van der Waals surface area contributed by atoms with Crippen LogP contribution in [0, 0.1) is 11.3 Å². The van der Waals surface area contributed by atoms with Crippen LogP contribution in [-0.4, -0.2) is 36.4 Å². The monoisotopic (exact) mass is 309 g/mol. The molecule has 2 rings (SSSR count). The number of nitrogens with one attached hydrogen (secondary N) is 2. The second-order valence-corrected chi connectivity index (χ2v) is 7.28. The van der Waals surface area contributed by atoms with E-state index in [1.807, 2.05) is 0 Å². The van der Waals surface area contributed by atoms with E-state index in [0.717, 1.165) is 63.6 Å². The predicted octanol–water partition coefficient (Wildman–Crippen LogP) is 1.49. The van der Waals surface area contributed by atoms with Crippen LogP contribution in [0.15, 0.2) is 0 Å². The molecule has 2 fully saturated rings. The van der Waals surface area contributed by atoms with Gasteiger partial charge in [0.1, 0.15) is 0 Å². The highest BCUT2D eigenvalue weighted by Gasteiger charge is 2.28. The van der Waals surface area contributed by atoms with Crippen LogP contribution in [0.5, 0.6) is 0 Å². The fourth-order valence-corrected chi connectivity index (χ4v) is 4.06. The van der Waals surface area contributed by atoms with Crippen molar-refractivity contribution < 1.29 is 0 Å². The van der Waals surface area contributed by atoms with Gasteiger partial charge in [0, 0.05) is 35.8 Å². The Kier molecular flexibility index (Phi) is 7.28. The minimum atomic E-state index is 0.197. The largest absolute Gasteiger partial charge is 0.327 e. The molecule has 0 spiro atoms. The molecule has 0 bridgehead atoms. The van der Waals surface area contributed by atoms with E-state index in [0.29, 0.717) is 5.92 Å². The van der Waals surface area contributed by atoms with Crippen LogP contribution in [0.2, 0.25) is 0 Å². The summed E-state index contributed by atoms with van der Waals surface area (Å²) in [5.41, 5.74) is 19.3. The van der Waals surface area contributed by atoms with Gasteiger partial charge in [0.2, 0.25) is 0 Å². The third-order valence-electron chi connectivity index (χ3n) is 5.52. The normalized spacial score (nSPS) is 33.8. The van der Waals surface area contributed by atoms with Gasteiger partial charge in [0.05, 0.1) is 0 Å². The maximum absolute atomic E-state index is 8.27. The molecule has 0 unspecified atom stereocenters. The van der Waals surface area contributed by atoms with E-state index in [4.69, 9.17) is 22.6 Å². The molecule has 5 heteroatoms. The molecule has 0 radical (unpaired) electrons. The molecule has 8 N–H and O–H groups in total. The molecule has 0 amide bonds. The van der Waals surface area contributed by atoms with Gasteiger partial charge in [-0.25, -0.2) is 0 Å². The van der Waals surface area contributed by atoms with Crippen molar-refractivity contribution in [3.63, 3.8) is 0 Å². The Balaban J connectivity index is 1.59. The molecule has 0 aromatic carbocycles. The predicted molar refractivity (Wildman–Crippen MR) is 93.1 cm³/mol. The quantitative estimate of drug-likeness (QED) is 0.362. The molecule has 2 saturated carbocycles. The van der Waals surface area contributed by atoms with Crippen molar-refractivity contribution in [3.8, 4) is 0 Å². The molecule has 0 heterocycles. The lowest BCUT2D eigenvalue weighted by Crippen LogP contribution is -2.58. The fraction of sp³-hybridized carbons (Fsp3) is 0.941. The smallest absolute Gasteiger partial charge is 0.0371 e. The summed E-state index contributed by atoms with van der Waals surface area (Å²) in [5.74, 6) is 0.335. The van der Waals surface area contributed by atoms with Gasteiger partial charge in [-0.05, 0) is 51.5 Å². The molecule has 2 aliphatic carbocycles. The zero-order valence-electron chi connectivity index (χ0n) is 13.9. The molecule has 0 aliphatic heterocycles. The maximum atomic E-state index is 8.27. The average molecular weight is 310 g/mol. The van der Waals surface area contributed by atoms with Gasteiger partial charge in [0.15, 0.2) is 0 Å². The molecule has 22 heavy (non-hydrogen) atoms. The summed E-state index contributed by atoms with van der Waals surface area (Å²) in [7, 11) is 0. The summed E-state index contributed by atoms with van der Waals surface area (Å²) in [6, 6.07) is 0.877. The number of nitrogens with two attached hydrogens (primary N) is 3. The van der Waals surface area contributed by atoms with E-state index < -0.39 is 0 Å². The van der Waals surface area contributed by atoms with Gasteiger partial charge in [-0.3, -0.25) is 0 Å². The lowest BCUT2D eigenvalue weighted by Gasteiger charge is -2.35. The van der Waals surface area contributed by atoms with E-state index in [9.17, 15) is 0 Å². The first-order valence-electron chi connectivity index (χ1n) is 9.17. The Morgan fingerprint density at radius 2 is 1.50 bits per heavy atom. The van der Waals surface area contributed by atoms with E-state index in [-0.39, 0.29) is 24.2 Å². The third-order valence-corrected chi connectivity index (χ3v) is 5.52. The van der Waals surface area contributed by atoms with Crippen LogP contribution in [0.1, 0.15) is 64.2 Å². The van der Waals surface area contributed by atoms with Gasteiger partial charge in [0.25, 0.3) is 0 Å². The molecule has 0 aromatic heterocycles. The molecule has 128 valence electrons. The van der Waals surface area contributed by atoms with Crippen LogP contribution in [0.3, 0.4) is 0 Å². The average Bonchev–Trinajstić information content (AvgIpc) is 2.49. The highest BCUT2D eigenvalue weighted by molar-refractivity contribution is 5.84. The minimum Gasteiger partial charge on any atom is -0.327 e. The Labute approximate surface area is 135 Å². The summed E-state index contributed by atoms with van der Waals surface area (Å²) in [6.07, 6.45) is 11.0. The van der Waals surface area contributed by atoms with Crippen molar-refractivity contribution in [3.05, 3.63) is 0 Å². The van der Waals surface area contributed by atoms with Gasteiger partial charge in [-0.2, -0.15) is 0 Å². The zero-order valence-corrected chi connectivity index (χ0v) is 13.9. The first-order chi connectivity index (χ1) is 10.6. The molecule has 5 nitrogen and oxygen atoms in total. The molecule has 0 aromatic rings.